The molecule has 10 heteroatoms. The Morgan fingerprint density at radius 3 is 2.56 bits per heavy atom. The van der Waals surface area contributed by atoms with Crippen molar-refractivity contribution < 1.29 is 9.72 Å². The highest BCUT2D eigenvalue weighted by molar-refractivity contribution is 6.02. The average Bonchev–Trinajstić information content (AvgIpc) is 3.41. The summed E-state index contributed by atoms with van der Waals surface area (Å²) in [6.07, 6.45) is 3.41. The highest BCUT2D eigenvalue weighted by Crippen LogP contribution is 2.29. The number of hydrogen-bond donors (Lipinski definition) is 3. The normalized spacial score (nSPS) is 12.2. The van der Waals surface area contributed by atoms with Gasteiger partial charge in [-0.25, -0.2) is 4.98 Å². The molecule has 0 saturated heterocycles. The standard InChI is InChI=1S/C22H17N7O3/c1-12(13-2-4-15(5-3-13)29(31)32)24-22(30)21-25-18-10-16-17(11-19(18)26-21)27-28-20(16)14-6-8-23-9-7-14/h2-12H,1H3,(H,24,30)(H,25,26)(H,27,28)/t12-/m1/s1. The summed E-state index contributed by atoms with van der Waals surface area (Å²) in [4.78, 5) is 34.6. The Morgan fingerprint density at radius 2 is 1.84 bits per heavy atom. The molecule has 5 aromatic rings. The summed E-state index contributed by atoms with van der Waals surface area (Å²) in [5, 5.41) is 22.0. The molecule has 1 atom stereocenters. The SMILES string of the molecule is C[C@@H](NC(=O)c1nc2cc3c(-c4ccncc4)n[nH]c3cc2[nH]1)c1ccc([N+](=O)[O-])cc1. The number of hydrogen-bond acceptors (Lipinski definition) is 6. The van der Waals surface area contributed by atoms with E-state index in [1.165, 1.54) is 12.1 Å². The third kappa shape index (κ3) is 3.43. The molecule has 0 saturated carbocycles. The Labute approximate surface area is 180 Å². The Morgan fingerprint density at radius 1 is 1.09 bits per heavy atom. The number of rotatable bonds is 5. The molecule has 0 spiro atoms. The van der Waals surface area contributed by atoms with Gasteiger partial charge in [0.05, 0.1) is 27.5 Å². The molecule has 3 heterocycles. The van der Waals surface area contributed by atoms with Crippen molar-refractivity contribution in [1.29, 1.82) is 0 Å². The van der Waals surface area contributed by atoms with Gasteiger partial charge in [0.1, 0.15) is 5.69 Å². The van der Waals surface area contributed by atoms with Crippen LogP contribution < -0.4 is 5.32 Å². The molecule has 0 unspecified atom stereocenters. The Hall–Kier alpha value is -4.60. The maximum absolute atomic E-state index is 12.8. The van der Waals surface area contributed by atoms with Gasteiger partial charge in [-0.3, -0.25) is 25.0 Å². The van der Waals surface area contributed by atoms with Crippen LogP contribution >= 0.6 is 0 Å². The van der Waals surface area contributed by atoms with Crippen molar-refractivity contribution >= 4 is 33.5 Å². The lowest BCUT2D eigenvalue weighted by Gasteiger charge is -2.13. The minimum absolute atomic E-state index is 0.000827. The van der Waals surface area contributed by atoms with Crippen LogP contribution in [0.4, 0.5) is 5.69 Å². The molecule has 3 N–H and O–H groups in total. The van der Waals surface area contributed by atoms with E-state index >= 15 is 0 Å². The number of H-pyrrole nitrogens is 2. The van der Waals surface area contributed by atoms with Gasteiger partial charge in [0.25, 0.3) is 11.6 Å². The molecule has 0 radical (unpaired) electrons. The van der Waals surface area contributed by atoms with Gasteiger partial charge in [-0.2, -0.15) is 5.10 Å². The van der Waals surface area contributed by atoms with Gasteiger partial charge < -0.3 is 10.3 Å². The fourth-order valence-corrected chi connectivity index (χ4v) is 3.59. The van der Waals surface area contributed by atoms with Crippen molar-refractivity contribution in [2.24, 2.45) is 0 Å². The van der Waals surface area contributed by atoms with Gasteiger partial charge in [-0.15, -0.1) is 0 Å². The third-order valence-electron chi connectivity index (χ3n) is 5.28. The molecule has 0 fully saturated rings. The molecule has 3 aromatic heterocycles. The third-order valence-corrected chi connectivity index (χ3v) is 5.28. The van der Waals surface area contributed by atoms with E-state index < -0.39 is 4.92 Å². The average molecular weight is 427 g/mol. The first-order valence-corrected chi connectivity index (χ1v) is 9.83. The van der Waals surface area contributed by atoms with Crippen molar-refractivity contribution in [2.45, 2.75) is 13.0 Å². The quantitative estimate of drug-likeness (QED) is 0.287. The number of non-ortho nitro benzene ring substituents is 1. The monoisotopic (exact) mass is 427 g/mol. The van der Waals surface area contributed by atoms with E-state index in [1.807, 2.05) is 24.3 Å². The number of benzene rings is 2. The summed E-state index contributed by atoms with van der Waals surface area (Å²) < 4.78 is 0. The summed E-state index contributed by atoms with van der Waals surface area (Å²) in [5.74, 6) is -0.192. The van der Waals surface area contributed by atoms with E-state index in [4.69, 9.17) is 0 Å². The van der Waals surface area contributed by atoms with E-state index in [1.54, 1.807) is 31.5 Å². The Balaban J connectivity index is 1.41. The first-order chi connectivity index (χ1) is 15.5. The molecule has 32 heavy (non-hydrogen) atoms. The van der Waals surface area contributed by atoms with Crippen LogP contribution in [0, 0.1) is 10.1 Å². The fraction of sp³-hybridized carbons (Fsp3) is 0.0909. The number of imidazole rings is 1. The van der Waals surface area contributed by atoms with Crippen molar-refractivity contribution in [2.75, 3.05) is 0 Å². The number of fused-ring (bicyclic) bond motifs is 2. The molecule has 1 amide bonds. The van der Waals surface area contributed by atoms with E-state index in [0.717, 1.165) is 27.7 Å². The first-order valence-electron chi connectivity index (χ1n) is 9.83. The molecule has 0 aliphatic rings. The largest absolute Gasteiger partial charge is 0.343 e. The predicted molar refractivity (Wildman–Crippen MR) is 118 cm³/mol. The number of carbonyl (C=O) groups excluding carboxylic acids is 1. The predicted octanol–water partition coefficient (Wildman–Crippen LogP) is 3.90. The molecular formula is C22H17N7O3. The topological polar surface area (TPSA) is 142 Å². The molecule has 0 aliphatic carbocycles. The number of nitrogens with zero attached hydrogens (tertiary/aromatic N) is 4. The lowest BCUT2D eigenvalue weighted by Crippen LogP contribution is -2.27. The minimum atomic E-state index is -0.460. The molecule has 0 bridgehead atoms. The number of nitro benzene ring substituents is 1. The smallest absolute Gasteiger partial charge is 0.287 e. The zero-order valence-electron chi connectivity index (χ0n) is 16.9. The number of aromatic nitrogens is 5. The summed E-state index contributed by atoms with van der Waals surface area (Å²) in [6, 6.07) is 13.2. The van der Waals surface area contributed by atoms with Gasteiger partial charge >= 0.3 is 0 Å². The van der Waals surface area contributed by atoms with Crippen molar-refractivity contribution in [3.63, 3.8) is 0 Å². The van der Waals surface area contributed by atoms with Crippen LogP contribution in [0.1, 0.15) is 29.1 Å². The van der Waals surface area contributed by atoms with Crippen LogP contribution in [-0.2, 0) is 0 Å². The van der Waals surface area contributed by atoms with Crippen LogP contribution in [0.25, 0.3) is 33.2 Å². The van der Waals surface area contributed by atoms with Crippen LogP contribution in [0.15, 0.2) is 60.9 Å². The minimum Gasteiger partial charge on any atom is -0.343 e. The Kier molecular flexibility index (Phi) is 4.59. The van der Waals surface area contributed by atoms with Gasteiger partial charge in [-0.1, -0.05) is 12.1 Å². The zero-order valence-corrected chi connectivity index (χ0v) is 16.9. The lowest BCUT2D eigenvalue weighted by atomic mass is 10.1. The molecular weight excluding hydrogens is 410 g/mol. The van der Waals surface area contributed by atoms with Gasteiger partial charge in [0.15, 0.2) is 5.82 Å². The second kappa shape index (κ2) is 7.58. The van der Waals surface area contributed by atoms with Crippen molar-refractivity contribution in [3.05, 3.63) is 82.4 Å². The summed E-state index contributed by atoms with van der Waals surface area (Å²) >= 11 is 0. The highest BCUT2D eigenvalue weighted by atomic mass is 16.6. The van der Waals surface area contributed by atoms with Crippen molar-refractivity contribution in [1.82, 2.24) is 30.5 Å². The van der Waals surface area contributed by atoms with Crippen molar-refractivity contribution in [3.8, 4) is 11.3 Å². The lowest BCUT2D eigenvalue weighted by molar-refractivity contribution is -0.384. The molecule has 5 rings (SSSR count). The summed E-state index contributed by atoms with van der Waals surface area (Å²) in [7, 11) is 0. The van der Waals surface area contributed by atoms with Crippen LogP contribution in [0.5, 0.6) is 0 Å². The van der Waals surface area contributed by atoms with Crippen LogP contribution in [0.2, 0.25) is 0 Å². The van der Waals surface area contributed by atoms with Crippen LogP contribution in [0.3, 0.4) is 0 Å². The maximum Gasteiger partial charge on any atom is 0.287 e. The summed E-state index contributed by atoms with van der Waals surface area (Å²) in [5.41, 5.74) is 4.63. The van der Waals surface area contributed by atoms with Crippen LogP contribution in [-0.4, -0.2) is 36.0 Å². The molecule has 0 aliphatic heterocycles. The number of pyridine rings is 1. The van der Waals surface area contributed by atoms with E-state index in [-0.39, 0.29) is 23.5 Å². The number of nitro groups is 1. The van der Waals surface area contributed by atoms with Gasteiger partial charge in [0, 0.05) is 35.5 Å². The number of nitrogens with one attached hydrogen (secondary N) is 3. The number of carbonyl (C=O) groups is 1. The van der Waals surface area contributed by atoms with E-state index in [0.29, 0.717) is 11.0 Å². The second-order valence-corrected chi connectivity index (χ2v) is 7.35. The zero-order chi connectivity index (χ0) is 22.2. The maximum atomic E-state index is 12.8. The number of aromatic amines is 2. The number of amides is 1. The van der Waals surface area contributed by atoms with E-state index in [9.17, 15) is 14.9 Å². The molecule has 2 aromatic carbocycles. The molecule has 10 nitrogen and oxygen atoms in total. The first kappa shape index (κ1) is 19.4. The van der Waals surface area contributed by atoms with Gasteiger partial charge in [0.2, 0.25) is 0 Å². The van der Waals surface area contributed by atoms with Gasteiger partial charge in [-0.05, 0) is 36.8 Å². The Bertz CT molecular complexity index is 1460. The van der Waals surface area contributed by atoms with E-state index in [2.05, 4.69) is 30.5 Å². The molecule has 158 valence electrons. The highest BCUT2D eigenvalue weighted by Gasteiger charge is 2.18. The second-order valence-electron chi connectivity index (χ2n) is 7.35. The summed E-state index contributed by atoms with van der Waals surface area (Å²) in [6.45, 7) is 1.80. The fourth-order valence-electron chi connectivity index (χ4n) is 3.59.